The minimum Gasteiger partial charge on any atom is -0.481 e. The number of hydrogen-bond donors (Lipinski definition) is 1. The molecule has 7 nitrogen and oxygen atoms in total. The van der Waals surface area contributed by atoms with Crippen LogP contribution in [0, 0.1) is 0 Å². The molecular formula is C13H20N4O3. The van der Waals surface area contributed by atoms with E-state index in [9.17, 15) is 4.79 Å². The minimum atomic E-state index is 0.0193. The van der Waals surface area contributed by atoms with E-state index in [1.807, 2.05) is 4.90 Å². The molecule has 1 amide bonds. The van der Waals surface area contributed by atoms with Crippen LogP contribution in [0.5, 0.6) is 11.8 Å². The van der Waals surface area contributed by atoms with Gasteiger partial charge in [-0.15, -0.1) is 0 Å². The quantitative estimate of drug-likeness (QED) is 0.835. The van der Waals surface area contributed by atoms with Crippen LogP contribution >= 0.6 is 0 Å². The molecule has 110 valence electrons. The topological polar surface area (TPSA) is 76.6 Å². The molecule has 0 saturated carbocycles. The first-order valence-corrected chi connectivity index (χ1v) is 6.67. The molecule has 1 aliphatic heterocycles. The molecule has 0 bridgehead atoms. The van der Waals surface area contributed by atoms with Crippen LogP contribution in [-0.4, -0.2) is 54.1 Å². The van der Waals surface area contributed by atoms with Gasteiger partial charge in [-0.2, -0.15) is 9.97 Å². The Labute approximate surface area is 118 Å². The summed E-state index contributed by atoms with van der Waals surface area (Å²) in [7, 11) is 3.07. The van der Waals surface area contributed by atoms with E-state index in [2.05, 4.69) is 22.2 Å². The number of nitrogens with zero attached hydrogens (tertiary/aromatic N) is 3. The Hall–Kier alpha value is -2.05. The zero-order valence-electron chi connectivity index (χ0n) is 12.0. The first kappa shape index (κ1) is 14.4. The van der Waals surface area contributed by atoms with Gasteiger partial charge in [0.15, 0.2) is 0 Å². The van der Waals surface area contributed by atoms with Gasteiger partial charge in [-0.3, -0.25) is 4.79 Å². The summed E-state index contributed by atoms with van der Waals surface area (Å²) in [6, 6.07) is 1.62. The van der Waals surface area contributed by atoms with Gasteiger partial charge in [0.1, 0.15) is 0 Å². The van der Waals surface area contributed by atoms with E-state index in [4.69, 9.17) is 9.47 Å². The maximum Gasteiger partial charge on any atom is 0.229 e. The second-order valence-corrected chi connectivity index (χ2v) is 4.66. The van der Waals surface area contributed by atoms with Crippen LogP contribution in [0.15, 0.2) is 6.07 Å². The molecule has 2 heterocycles. The van der Waals surface area contributed by atoms with E-state index in [-0.39, 0.29) is 11.9 Å². The summed E-state index contributed by atoms with van der Waals surface area (Å²) in [5.41, 5.74) is 0. The van der Waals surface area contributed by atoms with Crippen LogP contribution in [-0.2, 0) is 4.79 Å². The fraction of sp³-hybridized carbons (Fsp3) is 0.615. The lowest BCUT2D eigenvalue weighted by Crippen LogP contribution is -2.29. The van der Waals surface area contributed by atoms with Gasteiger partial charge < -0.3 is 19.7 Å². The number of ether oxygens (including phenoxy) is 2. The Bertz CT molecular complexity index is 458. The molecule has 1 aromatic rings. The van der Waals surface area contributed by atoms with Gasteiger partial charge in [0, 0.05) is 19.5 Å². The molecule has 20 heavy (non-hydrogen) atoms. The van der Waals surface area contributed by atoms with Crippen molar-refractivity contribution in [2.45, 2.75) is 25.8 Å². The third-order valence-corrected chi connectivity index (χ3v) is 3.14. The highest BCUT2D eigenvalue weighted by Crippen LogP contribution is 2.20. The van der Waals surface area contributed by atoms with Crippen molar-refractivity contribution in [3.8, 4) is 11.8 Å². The smallest absolute Gasteiger partial charge is 0.229 e. The highest BCUT2D eigenvalue weighted by atomic mass is 16.5. The minimum absolute atomic E-state index is 0.0193. The molecule has 0 spiro atoms. The lowest BCUT2D eigenvalue weighted by molar-refractivity contribution is -0.127. The molecule has 1 aromatic heterocycles. The molecule has 1 N–H and O–H groups in total. The van der Waals surface area contributed by atoms with Crippen molar-refractivity contribution < 1.29 is 14.3 Å². The summed E-state index contributed by atoms with van der Waals surface area (Å²) in [5, 5.41) is 3.16. The number of carbonyl (C=O) groups excluding carboxylic acids is 1. The maximum absolute atomic E-state index is 11.8. The fourth-order valence-corrected chi connectivity index (χ4v) is 2.22. The molecule has 2 rings (SSSR count). The lowest BCUT2D eigenvalue weighted by atomic mass is 10.2. The maximum atomic E-state index is 11.8. The second kappa shape index (κ2) is 6.40. The molecule has 1 unspecified atom stereocenters. The van der Waals surface area contributed by atoms with Crippen molar-refractivity contribution in [3.05, 3.63) is 6.07 Å². The number of nitrogens with one attached hydrogen (secondary N) is 1. The molecule has 0 aromatic carbocycles. The van der Waals surface area contributed by atoms with Gasteiger partial charge in [0.05, 0.1) is 26.3 Å². The molecule has 1 saturated heterocycles. The van der Waals surface area contributed by atoms with Gasteiger partial charge in [-0.05, 0) is 6.42 Å². The van der Waals surface area contributed by atoms with Crippen molar-refractivity contribution in [1.29, 1.82) is 0 Å². The highest BCUT2D eigenvalue weighted by molar-refractivity contribution is 5.79. The number of likely N-dealkylation sites (tertiary alicyclic amines) is 1. The van der Waals surface area contributed by atoms with Crippen molar-refractivity contribution in [2.75, 3.05) is 32.6 Å². The van der Waals surface area contributed by atoms with Crippen molar-refractivity contribution >= 4 is 11.9 Å². The largest absolute Gasteiger partial charge is 0.481 e. The summed E-state index contributed by atoms with van der Waals surface area (Å²) in [6.07, 6.45) is 1.42. The Kier molecular flexibility index (Phi) is 4.60. The number of aromatic nitrogens is 2. The Morgan fingerprint density at radius 2 is 2.00 bits per heavy atom. The standard InChI is InChI=1S/C13H20N4O3/c1-4-5-17-8-9(6-12(17)18)14-13-15-10(19-2)7-11(16-13)20-3/h7,9H,4-6,8H2,1-3H3,(H,14,15,16). The third-order valence-electron chi connectivity index (χ3n) is 3.14. The predicted molar refractivity (Wildman–Crippen MR) is 74.0 cm³/mol. The van der Waals surface area contributed by atoms with Crippen molar-refractivity contribution in [2.24, 2.45) is 0 Å². The van der Waals surface area contributed by atoms with Crippen LogP contribution in [0.3, 0.4) is 0 Å². The average molecular weight is 280 g/mol. The molecule has 1 atom stereocenters. The van der Waals surface area contributed by atoms with Gasteiger partial charge >= 0.3 is 0 Å². The van der Waals surface area contributed by atoms with E-state index in [0.29, 0.717) is 30.7 Å². The number of methoxy groups -OCH3 is 2. The number of amides is 1. The Balaban J connectivity index is 2.05. The molecule has 0 radical (unpaired) electrons. The summed E-state index contributed by atoms with van der Waals surface area (Å²) >= 11 is 0. The lowest BCUT2D eigenvalue weighted by Gasteiger charge is -2.16. The molecule has 7 heteroatoms. The van der Waals surface area contributed by atoms with E-state index < -0.39 is 0 Å². The fourth-order valence-electron chi connectivity index (χ4n) is 2.22. The summed E-state index contributed by atoms with van der Waals surface area (Å²) < 4.78 is 10.2. The van der Waals surface area contributed by atoms with Crippen LogP contribution < -0.4 is 14.8 Å². The summed E-state index contributed by atoms with van der Waals surface area (Å²) in [4.78, 5) is 22.1. The van der Waals surface area contributed by atoms with Gasteiger partial charge in [-0.1, -0.05) is 6.92 Å². The van der Waals surface area contributed by atoms with E-state index in [1.54, 1.807) is 6.07 Å². The number of carbonyl (C=O) groups is 1. The van der Waals surface area contributed by atoms with Gasteiger partial charge in [0.25, 0.3) is 0 Å². The van der Waals surface area contributed by atoms with Crippen LogP contribution in [0.1, 0.15) is 19.8 Å². The Morgan fingerprint density at radius 3 is 2.55 bits per heavy atom. The summed E-state index contributed by atoms with van der Waals surface area (Å²) in [6.45, 7) is 3.53. The highest BCUT2D eigenvalue weighted by Gasteiger charge is 2.29. The Morgan fingerprint density at radius 1 is 1.35 bits per heavy atom. The van der Waals surface area contributed by atoms with E-state index in [0.717, 1.165) is 13.0 Å². The number of hydrogen-bond acceptors (Lipinski definition) is 6. The second-order valence-electron chi connectivity index (χ2n) is 4.66. The summed E-state index contributed by atoms with van der Waals surface area (Å²) in [5.74, 6) is 1.43. The van der Waals surface area contributed by atoms with Crippen molar-refractivity contribution in [3.63, 3.8) is 0 Å². The number of rotatable bonds is 6. The molecule has 1 aliphatic rings. The van der Waals surface area contributed by atoms with E-state index in [1.165, 1.54) is 14.2 Å². The normalized spacial score (nSPS) is 18.2. The predicted octanol–water partition coefficient (Wildman–Crippen LogP) is 0.917. The molecule has 0 aliphatic carbocycles. The van der Waals surface area contributed by atoms with E-state index >= 15 is 0 Å². The molecular weight excluding hydrogens is 260 g/mol. The zero-order chi connectivity index (χ0) is 14.5. The van der Waals surface area contributed by atoms with Gasteiger partial charge in [-0.25, -0.2) is 0 Å². The first-order chi connectivity index (χ1) is 9.66. The van der Waals surface area contributed by atoms with Crippen LogP contribution in [0.25, 0.3) is 0 Å². The third kappa shape index (κ3) is 3.28. The monoisotopic (exact) mass is 280 g/mol. The zero-order valence-corrected chi connectivity index (χ0v) is 12.0. The van der Waals surface area contributed by atoms with Crippen molar-refractivity contribution in [1.82, 2.24) is 14.9 Å². The average Bonchev–Trinajstić information content (AvgIpc) is 2.78. The SMILES string of the molecule is CCCN1CC(Nc2nc(OC)cc(OC)n2)CC1=O. The van der Waals surface area contributed by atoms with Crippen LogP contribution in [0.2, 0.25) is 0 Å². The number of anilines is 1. The van der Waals surface area contributed by atoms with Crippen LogP contribution in [0.4, 0.5) is 5.95 Å². The van der Waals surface area contributed by atoms with Gasteiger partial charge in [0.2, 0.25) is 23.6 Å². The first-order valence-electron chi connectivity index (χ1n) is 6.67. The molecule has 1 fully saturated rings.